The Bertz CT molecular complexity index is 1120. The Morgan fingerprint density at radius 1 is 1.06 bits per heavy atom. The summed E-state index contributed by atoms with van der Waals surface area (Å²) in [5, 5.41) is -4.97. The predicted molar refractivity (Wildman–Crippen MR) is 117 cm³/mol. The number of halogens is 6. The van der Waals surface area contributed by atoms with Crippen LogP contribution in [0.1, 0.15) is 48.9 Å². The number of hydrogen-bond acceptors (Lipinski definition) is 6. The number of benzene rings is 1. The molecule has 7 nitrogen and oxygen atoms in total. The van der Waals surface area contributed by atoms with E-state index < -0.39 is 56.2 Å². The molecule has 0 spiro atoms. The molecular formula is C21H20F5INO6S-. The SMILES string of the molecule is O=C(NC(C(F)(F)F)C(F)(F)S(=O)(=O)[O-])c1ccc(I)cc1OC(=O)C12CC3CC(CC(C3)C1)C2. The van der Waals surface area contributed by atoms with E-state index in [4.69, 9.17) is 4.74 Å². The van der Waals surface area contributed by atoms with Crippen LogP contribution in [-0.4, -0.2) is 42.3 Å². The minimum atomic E-state index is -6.78. The molecule has 1 atom stereocenters. The summed E-state index contributed by atoms with van der Waals surface area (Å²) in [6, 6.07) is -0.880. The highest BCUT2D eigenvalue weighted by Gasteiger charge is 2.61. The van der Waals surface area contributed by atoms with Gasteiger partial charge in [0.05, 0.1) is 11.0 Å². The minimum Gasteiger partial charge on any atom is -0.743 e. The maximum Gasteiger partial charge on any atom is 0.415 e. The molecule has 1 N–H and O–H groups in total. The zero-order valence-electron chi connectivity index (χ0n) is 17.9. The Hall–Kier alpha value is -1.55. The van der Waals surface area contributed by atoms with Gasteiger partial charge in [0.2, 0.25) is 6.04 Å². The number of esters is 1. The molecule has 5 rings (SSSR count). The van der Waals surface area contributed by atoms with Gasteiger partial charge in [-0.3, -0.25) is 9.59 Å². The maximum atomic E-state index is 13.8. The average molecular weight is 636 g/mol. The molecule has 0 aliphatic heterocycles. The third-order valence-corrected chi connectivity index (χ3v) is 8.71. The predicted octanol–water partition coefficient (Wildman–Crippen LogP) is 4.21. The molecule has 4 bridgehead atoms. The third-order valence-electron chi connectivity index (χ3n) is 7.13. The van der Waals surface area contributed by atoms with Gasteiger partial charge < -0.3 is 14.6 Å². The van der Waals surface area contributed by atoms with Gasteiger partial charge in [-0.2, -0.15) is 22.0 Å². The normalized spacial score (nSPS) is 29.1. The second-order valence-electron chi connectivity index (χ2n) is 9.69. The van der Waals surface area contributed by atoms with E-state index in [1.165, 1.54) is 12.1 Å². The Labute approximate surface area is 211 Å². The summed E-state index contributed by atoms with van der Waals surface area (Å²) in [5.41, 5.74) is -1.46. The Morgan fingerprint density at radius 3 is 2.03 bits per heavy atom. The largest absolute Gasteiger partial charge is 0.743 e. The molecule has 4 fully saturated rings. The van der Waals surface area contributed by atoms with E-state index in [0.717, 1.165) is 30.6 Å². The summed E-state index contributed by atoms with van der Waals surface area (Å²) >= 11 is 1.80. The first-order valence-corrected chi connectivity index (χ1v) is 13.2. The van der Waals surface area contributed by atoms with Crippen LogP contribution < -0.4 is 10.1 Å². The van der Waals surface area contributed by atoms with Crippen molar-refractivity contribution in [1.82, 2.24) is 5.32 Å². The lowest BCUT2D eigenvalue weighted by molar-refractivity contribution is -0.191. The molecule has 1 unspecified atom stereocenters. The molecule has 1 aromatic rings. The van der Waals surface area contributed by atoms with Crippen molar-refractivity contribution in [3.8, 4) is 5.75 Å². The molecule has 4 saturated carbocycles. The van der Waals surface area contributed by atoms with Crippen molar-refractivity contribution in [2.75, 3.05) is 0 Å². The van der Waals surface area contributed by atoms with Crippen LogP contribution in [0.3, 0.4) is 0 Å². The fraction of sp³-hybridized carbons (Fsp3) is 0.619. The Balaban J connectivity index is 1.61. The molecule has 0 heterocycles. The Morgan fingerprint density at radius 2 is 1.57 bits per heavy atom. The lowest BCUT2D eigenvalue weighted by atomic mass is 9.49. The molecule has 194 valence electrons. The van der Waals surface area contributed by atoms with Crippen LogP contribution in [0.2, 0.25) is 0 Å². The topological polar surface area (TPSA) is 113 Å². The lowest BCUT2D eigenvalue weighted by Crippen LogP contribution is -2.59. The lowest BCUT2D eigenvalue weighted by Gasteiger charge is -2.55. The summed E-state index contributed by atoms with van der Waals surface area (Å²) in [6.07, 6.45) is -1.08. The first-order chi connectivity index (χ1) is 16.0. The second-order valence-corrected chi connectivity index (χ2v) is 12.4. The van der Waals surface area contributed by atoms with Crippen molar-refractivity contribution in [3.63, 3.8) is 0 Å². The van der Waals surface area contributed by atoms with E-state index in [-0.39, 0.29) is 0 Å². The number of nitrogens with one attached hydrogen (secondary N) is 1. The van der Waals surface area contributed by atoms with E-state index >= 15 is 0 Å². The number of hydrogen-bond donors (Lipinski definition) is 1. The monoisotopic (exact) mass is 636 g/mol. The fourth-order valence-electron chi connectivity index (χ4n) is 6.05. The molecule has 35 heavy (non-hydrogen) atoms. The number of carbonyl (C=O) groups excluding carboxylic acids is 2. The summed E-state index contributed by atoms with van der Waals surface area (Å²) < 4.78 is 106. The van der Waals surface area contributed by atoms with Crippen molar-refractivity contribution >= 4 is 44.6 Å². The number of alkyl halides is 5. The van der Waals surface area contributed by atoms with Gasteiger partial charge in [-0.1, -0.05) is 0 Å². The Kier molecular flexibility index (Phi) is 6.65. The van der Waals surface area contributed by atoms with Crippen LogP contribution in [0, 0.1) is 26.7 Å². The molecule has 14 heteroatoms. The van der Waals surface area contributed by atoms with Gasteiger partial charge in [0, 0.05) is 3.57 Å². The zero-order chi connectivity index (χ0) is 26.0. The van der Waals surface area contributed by atoms with Crippen LogP contribution in [0.5, 0.6) is 5.75 Å². The summed E-state index contributed by atoms with van der Waals surface area (Å²) in [6.45, 7) is 0. The van der Waals surface area contributed by atoms with E-state index in [2.05, 4.69) is 0 Å². The van der Waals surface area contributed by atoms with Crippen LogP contribution in [0.4, 0.5) is 22.0 Å². The summed E-state index contributed by atoms with van der Waals surface area (Å²) in [4.78, 5) is 25.8. The smallest absolute Gasteiger partial charge is 0.415 e. The fourth-order valence-corrected chi connectivity index (χ4v) is 6.99. The van der Waals surface area contributed by atoms with E-state index in [9.17, 15) is 44.5 Å². The highest BCUT2D eigenvalue weighted by Crippen LogP contribution is 2.60. The second kappa shape index (κ2) is 8.78. The van der Waals surface area contributed by atoms with Crippen LogP contribution >= 0.6 is 22.6 Å². The molecular weight excluding hydrogens is 616 g/mol. The van der Waals surface area contributed by atoms with Gasteiger partial charge in [0.15, 0.2) is 10.1 Å². The quantitative estimate of drug-likeness (QED) is 0.165. The van der Waals surface area contributed by atoms with Crippen molar-refractivity contribution < 1.29 is 49.2 Å². The third kappa shape index (κ3) is 5.02. The molecule has 1 amide bonds. The molecule has 0 radical (unpaired) electrons. The van der Waals surface area contributed by atoms with E-state index in [1.807, 2.05) is 0 Å². The highest BCUT2D eigenvalue weighted by molar-refractivity contribution is 14.1. The molecule has 0 saturated heterocycles. The van der Waals surface area contributed by atoms with Crippen LogP contribution in [0.15, 0.2) is 18.2 Å². The van der Waals surface area contributed by atoms with Crippen LogP contribution in [0.25, 0.3) is 0 Å². The van der Waals surface area contributed by atoms with E-state index in [1.54, 1.807) is 22.6 Å². The first-order valence-electron chi connectivity index (χ1n) is 10.7. The van der Waals surface area contributed by atoms with Gasteiger partial charge >= 0.3 is 17.4 Å². The summed E-state index contributed by atoms with van der Waals surface area (Å²) in [5.74, 6) is -1.74. The number of amides is 1. The molecule has 4 aliphatic carbocycles. The first kappa shape index (κ1) is 26.5. The van der Waals surface area contributed by atoms with Crippen molar-refractivity contribution in [2.24, 2.45) is 23.2 Å². The zero-order valence-corrected chi connectivity index (χ0v) is 20.9. The van der Waals surface area contributed by atoms with Gasteiger partial charge in [-0.25, -0.2) is 8.42 Å². The molecule has 1 aromatic carbocycles. The number of carbonyl (C=O) groups is 2. The standard InChI is InChI=1S/C21H21F5INO6S/c22-20(23,24)17(21(25,26)35(31,32)33)28-16(29)14-2-1-13(27)6-15(14)34-18(30)19-7-10-3-11(8-19)5-12(4-10)9-19/h1-2,6,10-12,17H,3-5,7-9H2,(H,28,29)(H,31,32,33)/p-1. The molecule has 0 aromatic heterocycles. The van der Waals surface area contributed by atoms with Crippen molar-refractivity contribution in [2.45, 2.75) is 56.0 Å². The highest BCUT2D eigenvalue weighted by atomic mass is 127. The van der Waals surface area contributed by atoms with E-state index in [0.29, 0.717) is 40.6 Å². The van der Waals surface area contributed by atoms with Gasteiger partial charge in [0.25, 0.3) is 5.91 Å². The average Bonchev–Trinajstić information content (AvgIpc) is 2.69. The van der Waals surface area contributed by atoms with Gasteiger partial charge in [-0.05, 0) is 97.1 Å². The van der Waals surface area contributed by atoms with Gasteiger partial charge in [-0.15, -0.1) is 0 Å². The summed E-state index contributed by atoms with van der Waals surface area (Å²) in [7, 11) is -6.78. The van der Waals surface area contributed by atoms with Gasteiger partial charge in [0.1, 0.15) is 5.75 Å². The van der Waals surface area contributed by atoms with Crippen LogP contribution in [-0.2, 0) is 14.9 Å². The maximum absolute atomic E-state index is 13.8. The van der Waals surface area contributed by atoms with Crippen molar-refractivity contribution in [1.29, 1.82) is 0 Å². The number of rotatable bonds is 6. The molecule has 4 aliphatic rings. The van der Waals surface area contributed by atoms with Crippen molar-refractivity contribution in [3.05, 3.63) is 27.3 Å². The minimum absolute atomic E-state index is 0.372. The number of ether oxygens (including phenoxy) is 1.